The van der Waals surface area contributed by atoms with E-state index in [1.54, 1.807) is 7.11 Å². The van der Waals surface area contributed by atoms with Crippen LogP contribution in [-0.2, 0) is 5.41 Å². The fourth-order valence-electron chi connectivity index (χ4n) is 1.38. The van der Waals surface area contributed by atoms with E-state index in [1.165, 1.54) is 0 Å². The molecule has 2 N–H and O–H groups in total. The van der Waals surface area contributed by atoms with Gasteiger partial charge < -0.3 is 10.5 Å². The normalized spacial score (nSPS) is 11.5. The molecule has 0 saturated heterocycles. The van der Waals surface area contributed by atoms with Crippen LogP contribution in [0.2, 0.25) is 0 Å². The van der Waals surface area contributed by atoms with Crippen LogP contribution in [0, 0.1) is 3.57 Å². The number of hydrogen-bond acceptors (Lipinski definition) is 2. The number of halogens is 1. The van der Waals surface area contributed by atoms with Gasteiger partial charge in [-0.2, -0.15) is 0 Å². The first-order valence-electron chi connectivity index (χ1n) is 4.49. The molecule has 1 aromatic rings. The van der Waals surface area contributed by atoms with Gasteiger partial charge in [-0.25, -0.2) is 0 Å². The molecule has 0 aliphatic carbocycles. The third kappa shape index (κ3) is 2.32. The summed E-state index contributed by atoms with van der Waals surface area (Å²) in [4.78, 5) is 0. The summed E-state index contributed by atoms with van der Waals surface area (Å²) in [5.41, 5.74) is 7.82. The minimum atomic E-state index is 0.0562. The highest BCUT2D eigenvalue weighted by molar-refractivity contribution is 14.1. The van der Waals surface area contributed by atoms with Gasteiger partial charge in [0.25, 0.3) is 0 Å². The molecule has 0 aromatic heterocycles. The molecule has 0 aliphatic rings. The molecule has 0 fully saturated rings. The lowest BCUT2D eigenvalue weighted by molar-refractivity contribution is 0.395. The lowest BCUT2D eigenvalue weighted by Gasteiger charge is -2.23. The minimum Gasteiger partial charge on any atom is -0.495 e. The van der Waals surface area contributed by atoms with Crippen LogP contribution in [0.5, 0.6) is 5.75 Å². The Morgan fingerprint density at radius 1 is 1.29 bits per heavy atom. The fourth-order valence-corrected chi connectivity index (χ4v) is 2.25. The lowest BCUT2D eigenvalue weighted by atomic mass is 9.86. The molecule has 78 valence electrons. The third-order valence-electron chi connectivity index (χ3n) is 2.08. The molecule has 2 nitrogen and oxygen atoms in total. The smallest absolute Gasteiger partial charge is 0.136 e. The molecule has 14 heavy (non-hydrogen) atoms. The zero-order valence-corrected chi connectivity index (χ0v) is 11.2. The SMILES string of the molecule is COc1c(I)cc(N)cc1C(C)(C)C. The molecule has 1 aromatic carbocycles. The van der Waals surface area contributed by atoms with Crippen LogP contribution in [0.25, 0.3) is 0 Å². The van der Waals surface area contributed by atoms with E-state index in [2.05, 4.69) is 43.4 Å². The first-order valence-corrected chi connectivity index (χ1v) is 5.57. The highest BCUT2D eigenvalue weighted by Crippen LogP contribution is 2.36. The van der Waals surface area contributed by atoms with E-state index in [0.29, 0.717) is 0 Å². The summed E-state index contributed by atoms with van der Waals surface area (Å²) in [7, 11) is 1.70. The number of nitrogen functional groups attached to an aromatic ring is 1. The largest absolute Gasteiger partial charge is 0.495 e. The number of nitrogens with two attached hydrogens (primary N) is 1. The first-order chi connectivity index (χ1) is 6.36. The van der Waals surface area contributed by atoms with Crippen molar-refractivity contribution in [2.45, 2.75) is 26.2 Å². The van der Waals surface area contributed by atoms with Crippen molar-refractivity contribution in [1.82, 2.24) is 0 Å². The molecule has 1 rings (SSSR count). The van der Waals surface area contributed by atoms with Crippen LogP contribution in [0.1, 0.15) is 26.3 Å². The minimum absolute atomic E-state index is 0.0562. The van der Waals surface area contributed by atoms with Gasteiger partial charge in [-0.1, -0.05) is 20.8 Å². The summed E-state index contributed by atoms with van der Waals surface area (Å²) in [5, 5.41) is 0. The summed E-state index contributed by atoms with van der Waals surface area (Å²) in [5.74, 6) is 0.937. The van der Waals surface area contributed by atoms with Gasteiger partial charge in [-0.05, 0) is 40.1 Å². The zero-order chi connectivity index (χ0) is 10.9. The van der Waals surface area contributed by atoms with Crippen LogP contribution in [0.3, 0.4) is 0 Å². The molecule has 0 bridgehead atoms. The second-order valence-electron chi connectivity index (χ2n) is 4.33. The van der Waals surface area contributed by atoms with E-state index in [4.69, 9.17) is 10.5 Å². The van der Waals surface area contributed by atoms with Gasteiger partial charge in [0.2, 0.25) is 0 Å². The van der Waals surface area contributed by atoms with Gasteiger partial charge in [-0.15, -0.1) is 0 Å². The van der Waals surface area contributed by atoms with Gasteiger partial charge in [-0.3, -0.25) is 0 Å². The Bertz CT molecular complexity index is 342. The summed E-state index contributed by atoms with van der Waals surface area (Å²) in [6.07, 6.45) is 0. The van der Waals surface area contributed by atoms with Crippen LogP contribution >= 0.6 is 22.6 Å². The third-order valence-corrected chi connectivity index (χ3v) is 2.88. The maximum absolute atomic E-state index is 5.82. The Hall–Kier alpha value is -0.450. The maximum atomic E-state index is 5.82. The molecule has 0 saturated carbocycles. The number of benzene rings is 1. The van der Waals surface area contributed by atoms with Crippen molar-refractivity contribution < 1.29 is 4.74 Å². The Labute approximate surface area is 99.0 Å². The number of hydrogen-bond donors (Lipinski definition) is 1. The van der Waals surface area contributed by atoms with Crippen LogP contribution in [0.15, 0.2) is 12.1 Å². The summed E-state index contributed by atoms with van der Waals surface area (Å²) in [6, 6.07) is 3.91. The molecule has 0 atom stereocenters. The number of methoxy groups -OCH3 is 1. The van der Waals surface area contributed by atoms with Crippen molar-refractivity contribution in [3.8, 4) is 5.75 Å². The Kier molecular flexibility index (Phi) is 3.29. The van der Waals surface area contributed by atoms with Gasteiger partial charge in [0.05, 0.1) is 10.7 Å². The van der Waals surface area contributed by atoms with E-state index >= 15 is 0 Å². The molecule has 0 amide bonds. The van der Waals surface area contributed by atoms with Crippen molar-refractivity contribution in [1.29, 1.82) is 0 Å². The Morgan fingerprint density at radius 3 is 2.29 bits per heavy atom. The van der Waals surface area contributed by atoms with Crippen LogP contribution in [-0.4, -0.2) is 7.11 Å². The maximum Gasteiger partial charge on any atom is 0.136 e. The van der Waals surface area contributed by atoms with Crippen molar-refractivity contribution in [3.63, 3.8) is 0 Å². The Morgan fingerprint density at radius 2 is 1.86 bits per heavy atom. The number of anilines is 1. The van der Waals surface area contributed by atoms with Gasteiger partial charge >= 0.3 is 0 Å². The molecular weight excluding hydrogens is 289 g/mol. The summed E-state index contributed by atoms with van der Waals surface area (Å²) >= 11 is 2.25. The Balaban J connectivity index is 3.40. The molecule has 0 unspecified atom stereocenters. The van der Waals surface area contributed by atoms with E-state index in [1.807, 2.05) is 12.1 Å². The standard InChI is InChI=1S/C11H16INO/c1-11(2,3)8-5-7(13)6-9(12)10(8)14-4/h5-6H,13H2,1-4H3. The summed E-state index contributed by atoms with van der Waals surface area (Å²) < 4.78 is 6.46. The van der Waals surface area contributed by atoms with Crippen molar-refractivity contribution in [3.05, 3.63) is 21.3 Å². The highest BCUT2D eigenvalue weighted by Gasteiger charge is 2.21. The quantitative estimate of drug-likeness (QED) is 0.639. The number of rotatable bonds is 1. The lowest BCUT2D eigenvalue weighted by Crippen LogP contribution is -2.14. The van der Waals surface area contributed by atoms with Crippen molar-refractivity contribution >= 4 is 28.3 Å². The van der Waals surface area contributed by atoms with Crippen LogP contribution < -0.4 is 10.5 Å². The molecule has 0 spiro atoms. The molecule has 3 heteroatoms. The van der Waals surface area contributed by atoms with E-state index in [-0.39, 0.29) is 5.41 Å². The second-order valence-corrected chi connectivity index (χ2v) is 5.50. The first kappa shape index (κ1) is 11.6. The zero-order valence-electron chi connectivity index (χ0n) is 9.02. The molecule has 0 heterocycles. The van der Waals surface area contributed by atoms with Gasteiger partial charge in [0, 0.05) is 11.3 Å². The molecule has 0 aliphatic heterocycles. The number of ether oxygens (including phenoxy) is 1. The predicted molar refractivity (Wildman–Crippen MR) is 68.8 cm³/mol. The van der Waals surface area contributed by atoms with Crippen LogP contribution in [0.4, 0.5) is 5.69 Å². The molecule has 0 radical (unpaired) electrons. The van der Waals surface area contributed by atoms with E-state index in [0.717, 1.165) is 20.6 Å². The molecular formula is C11H16INO. The average molecular weight is 305 g/mol. The second kappa shape index (κ2) is 3.96. The fraction of sp³-hybridized carbons (Fsp3) is 0.455. The van der Waals surface area contributed by atoms with Gasteiger partial charge in [0.15, 0.2) is 0 Å². The summed E-state index contributed by atoms with van der Waals surface area (Å²) in [6.45, 7) is 6.46. The highest BCUT2D eigenvalue weighted by atomic mass is 127. The van der Waals surface area contributed by atoms with E-state index in [9.17, 15) is 0 Å². The topological polar surface area (TPSA) is 35.2 Å². The monoisotopic (exact) mass is 305 g/mol. The predicted octanol–water partition coefficient (Wildman–Crippen LogP) is 3.18. The van der Waals surface area contributed by atoms with Gasteiger partial charge in [0.1, 0.15) is 5.75 Å². The van der Waals surface area contributed by atoms with Crippen molar-refractivity contribution in [2.75, 3.05) is 12.8 Å². The average Bonchev–Trinajstić information content (AvgIpc) is 2.01. The van der Waals surface area contributed by atoms with Crippen molar-refractivity contribution in [2.24, 2.45) is 0 Å². The van der Waals surface area contributed by atoms with E-state index < -0.39 is 0 Å².